The van der Waals surface area contributed by atoms with Crippen molar-refractivity contribution >= 4 is 17.4 Å². The molecule has 4 heteroatoms. The lowest BCUT2D eigenvalue weighted by Crippen LogP contribution is -2.25. The predicted octanol–water partition coefficient (Wildman–Crippen LogP) is 3.63. The maximum atomic E-state index is 9.71. The Bertz CT molecular complexity index is 484. The van der Waals surface area contributed by atoms with Crippen LogP contribution in [0.2, 0.25) is 0 Å². The fraction of sp³-hybridized carbons (Fsp3) is 0.562. The maximum Gasteiger partial charge on any atom is 0.102 e. The lowest BCUT2D eigenvalue weighted by molar-refractivity contribution is 0.105. The SMILES string of the molecule is CCSc1cccc(NCC2CCCC(O)C2)c1C#N. The number of anilines is 1. The third-order valence-corrected chi connectivity index (χ3v) is 4.71. The van der Waals surface area contributed by atoms with E-state index in [-0.39, 0.29) is 6.10 Å². The number of nitriles is 1. The van der Waals surface area contributed by atoms with E-state index in [9.17, 15) is 10.4 Å². The van der Waals surface area contributed by atoms with Crippen LogP contribution in [0.25, 0.3) is 0 Å². The van der Waals surface area contributed by atoms with Crippen molar-refractivity contribution < 1.29 is 5.11 Å². The number of thioether (sulfide) groups is 1. The Hall–Kier alpha value is -1.18. The summed E-state index contributed by atoms with van der Waals surface area (Å²) in [7, 11) is 0. The molecule has 108 valence electrons. The Labute approximate surface area is 125 Å². The normalized spacial score (nSPS) is 22.2. The first kappa shape index (κ1) is 15.2. The van der Waals surface area contributed by atoms with Gasteiger partial charge in [-0.05, 0) is 43.1 Å². The van der Waals surface area contributed by atoms with Crippen molar-refractivity contribution in [1.82, 2.24) is 0 Å². The molecule has 1 fully saturated rings. The average molecular weight is 290 g/mol. The molecule has 3 nitrogen and oxygen atoms in total. The zero-order valence-electron chi connectivity index (χ0n) is 11.9. The molecular weight excluding hydrogens is 268 g/mol. The Balaban J connectivity index is 2.02. The highest BCUT2D eigenvalue weighted by atomic mass is 32.2. The van der Waals surface area contributed by atoms with E-state index in [4.69, 9.17) is 0 Å². The van der Waals surface area contributed by atoms with Gasteiger partial charge in [0.2, 0.25) is 0 Å². The summed E-state index contributed by atoms with van der Waals surface area (Å²) in [5.74, 6) is 1.47. The third kappa shape index (κ3) is 3.91. The molecule has 0 amide bonds. The smallest absolute Gasteiger partial charge is 0.102 e. The topological polar surface area (TPSA) is 56.0 Å². The summed E-state index contributed by atoms with van der Waals surface area (Å²) in [4.78, 5) is 1.05. The Morgan fingerprint density at radius 2 is 2.30 bits per heavy atom. The maximum absolute atomic E-state index is 9.71. The first-order chi connectivity index (χ1) is 9.74. The van der Waals surface area contributed by atoms with Crippen LogP contribution in [0.5, 0.6) is 0 Å². The summed E-state index contributed by atoms with van der Waals surface area (Å²) in [6.45, 7) is 2.93. The van der Waals surface area contributed by atoms with Crippen LogP contribution in [0, 0.1) is 17.2 Å². The molecule has 1 aliphatic rings. The molecular formula is C16H22N2OS. The molecule has 0 aliphatic heterocycles. The van der Waals surface area contributed by atoms with Crippen LogP contribution in [-0.2, 0) is 0 Å². The third-order valence-electron chi connectivity index (χ3n) is 3.77. The number of aliphatic hydroxyl groups excluding tert-OH is 1. The summed E-state index contributed by atoms with van der Waals surface area (Å²) in [6, 6.07) is 8.28. The fourth-order valence-corrected chi connectivity index (χ4v) is 3.56. The van der Waals surface area contributed by atoms with E-state index >= 15 is 0 Å². The Kier molecular flexibility index (Phi) is 5.75. The number of hydrogen-bond donors (Lipinski definition) is 2. The van der Waals surface area contributed by atoms with Gasteiger partial charge in [-0.25, -0.2) is 0 Å². The summed E-state index contributed by atoms with van der Waals surface area (Å²) in [5, 5.41) is 22.5. The zero-order chi connectivity index (χ0) is 14.4. The van der Waals surface area contributed by atoms with Crippen molar-refractivity contribution in [2.75, 3.05) is 17.6 Å². The molecule has 0 bridgehead atoms. The highest BCUT2D eigenvalue weighted by Gasteiger charge is 2.20. The minimum absolute atomic E-state index is 0.145. The quantitative estimate of drug-likeness (QED) is 0.813. The number of nitrogens with zero attached hydrogens (tertiary/aromatic N) is 1. The van der Waals surface area contributed by atoms with Gasteiger partial charge < -0.3 is 10.4 Å². The Morgan fingerprint density at radius 1 is 1.45 bits per heavy atom. The summed E-state index contributed by atoms with van der Waals surface area (Å²) in [5.41, 5.74) is 1.67. The van der Waals surface area contributed by atoms with Gasteiger partial charge in [0.15, 0.2) is 0 Å². The van der Waals surface area contributed by atoms with Crippen LogP contribution in [0.4, 0.5) is 5.69 Å². The van der Waals surface area contributed by atoms with E-state index in [1.807, 2.05) is 18.2 Å². The van der Waals surface area contributed by atoms with E-state index in [2.05, 4.69) is 18.3 Å². The molecule has 0 radical (unpaired) electrons. The van der Waals surface area contributed by atoms with Crippen molar-refractivity contribution in [2.45, 2.75) is 43.6 Å². The van der Waals surface area contributed by atoms with Crippen LogP contribution in [-0.4, -0.2) is 23.5 Å². The molecule has 0 heterocycles. The van der Waals surface area contributed by atoms with Gasteiger partial charge in [-0.15, -0.1) is 11.8 Å². The largest absolute Gasteiger partial charge is 0.393 e. The number of hydrogen-bond acceptors (Lipinski definition) is 4. The predicted molar refractivity (Wildman–Crippen MR) is 84.0 cm³/mol. The van der Waals surface area contributed by atoms with E-state index < -0.39 is 0 Å². The second-order valence-electron chi connectivity index (χ2n) is 5.29. The van der Waals surface area contributed by atoms with Crippen LogP contribution >= 0.6 is 11.8 Å². The zero-order valence-corrected chi connectivity index (χ0v) is 12.7. The average Bonchev–Trinajstić information content (AvgIpc) is 2.45. The second-order valence-corrected chi connectivity index (χ2v) is 6.60. The number of rotatable bonds is 5. The molecule has 1 aliphatic carbocycles. The first-order valence-electron chi connectivity index (χ1n) is 7.32. The molecule has 1 saturated carbocycles. The van der Waals surface area contributed by atoms with Crippen molar-refractivity contribution in [3.63, 3.8) is 0 Å². The molecule has 2 atom stereocenters. The highest BCUT2D eigenvalue weighted by molar-refractivity contribution is 7.99. The lowest BCUT2D eigenvalue weighted by Gasteiger charge is -2.26. The monoisotopic (exact) mass is 290 g/mol. The highest BCUT2D eigenvalue weighted by Crippen LogP contribution is 2.29. The van der Waals surface area contributed by atoms with Gasteiger partial charge in [0.05, 0.1) is 17.4 Å². The summed E-state index contributed by atoms with van der Waals surface area (Å²) >= 11 is 1.70. The lowest BCUT2D eigenvalue weighted by atomic mass is 9.87. The van der Waals surface area contributed by atoms with Gasteiger partial charge in [-0.3, -0.25) is 0 Å². The van der Waals surface area contributed by atoms with Crippen molar-refractivity contribution in [2.24, 2.45) is 5.92 Å². The van der Waals surface area contributed by atoms with Gasteiger partial charge in [0.1, 0.15) is 6.07 Å². The summed E-state index contributed by atoms with van der Waals surface area (Å²) < 4.78 is 0. The molecule has 20 heavy (non-hydrogen) atoms. The molecule has 1 aromatic carbocycles. The van der Waals surface area contributed by atoms with Crippen molar-refractivity contribution in [3.8, 4) is 6.07 Å². The van der Waals surface area contributed by atoms with E-state index in [1.54, 1.807) is 11.8 Å². The van der Waals surface area contributed by atoms with Crippen molar-refractivity contribution in [3.05, 3.63) is 23.8 Å². The molecule has 2 N–H and O–H groups in total. The van der Waals surface area contributed by atoms with Crippen LogP contribution in [0.1, 0.15) is 38.2 Å². The van der Waals surface area contributed by atoms with Gasteiger partial charge in [0.25, 0.3) is 0 Å². The van der Waals surface area contributed by atoms with Gasteiger partial charge in [-0.2, -0.15) is 5.26 Å². The fourth-order valence-electron chi connectivity index (χ4n) is 2.77. The Morgan fingerprint density at radius 3 is 3.00 bits per heavy atom. The standard InChI is InChI=1S/C16H22N2OS/c1-2-20-16-8-4-7-15(14(16)10-17)18-11-12-5-3-6-13(19)9-12/h4,7-8,12-13,18-19H,2-3,5-6,9,11H2,1H3. The molecule has 1 aromatic rings. The molecule has 2 rings (SSSR count). The number of benzene rings is 1. The van der Waals surface area contributed by atoms with Crippen molar-refractivity contribution in [1.29, 1.82) is 5.26 Å². The van der Waals surface area contributed by atoms with Gasteiger partial charge in [0, 0.05) is 11.4 Å². The van der Waals surface area contributed by atoms with E-state index in [0.29, 0.717) is 5.92 Å². The molecule has 0 aromatic heterocycles. The summed E-state index contributed by atoms with van der Waals surface area (Å²) in [6.07, 6.45) is 3.92. The molecule has 0 saturated heterocycles. The number of nitrogens with one attached hydrogen (secondary N) is 1. The number of aliphatic hydroxyl groups is 1. The minimum atomic E-state index is -0.145. The van der Waals surface area contributed by atoms with Crippen LogP contribution < -0.4 is 5.32 Å². The molecule has 2 unspecified atom stereocenters. The second kappa shape index (κ2) is 7.56. The van der Waals surface area contributed by atoms with Gasteiger partial charge in [-0.1, -0.05) is 19.4 Å². The van der Waals surface area contributed by atoms with Crippen LogP contribution in [0.15, 0.2) is 23.1 Å². The molecule has 0 spiro atoms. The van der Waals surface area contributed by atoms with Gasteiger partial charge >= 0.3 is 0 Å². The first-order valence-corrected chi connectivity index (χ1v) is 8.31. The van der Waals surface area contributed by atoms with E-state index in [0.717, 1.165) is 54.1 Å². The minimum Gasteiger partial charge on any atom is -0.393 e. The van der Waals surface area contributed by atoms with Crippen LogP contribution in [0.3, 0.4) is 0 Å². The van der Waals surface area contributed by atoms with E-state index in [1.165, 1.54) is 0 Å².